The fourth-order valence-electron chi connectivity index (χ4n) is 5.75. The van der Waals surface area contributed by atoms with Crippen LogP contribution in [0, 0.1) is 11.6 Å². The van der Waals surface area contributed by atoms with Crippen LogP contribution in [0.3, 0.4) is 0 Å². The van der Waals surface area contributed by atoms with Gasteiger partial charge in [0.1, 0.15) is 71.2 Å². The van der Waals surface area contributed by atoms with Gasteiger partial charge in [0.25, 0.3) is 0 Å². The molecule has 2 aromatic carbocycles. The van der Waals surface area contributed by atoms with Crippen molar-refractivity contribution in [1.82, 2.24) is 19.6 Å². The molecule has 0 spiro atoms. The van der Waals surface area contributed by atoms with Crippen LogP contribution in [0.2, 0.25) is 0 Å². The Morgan fingerprint density at radius 3 is 1.44 bits per heavy atom. The third-order valence-corrected chi connectivity index (χ3v) is 9.41. The Bertz CT molecular complexity index is 1490. The van der Waals surface area contributed by atoms with E-state index in [0.29, 0.717) is 22.3 Å². The summed E-state index contributed by atoms with van der Waals surface area (Å²) in [5.74, 6) is -0.890. The van der Waals surface area contributed by atoms with Crippen molar-refractivity contribution >= 4 is 11.8 Å². The van der Waals surface area contributed by atoms with E-state index in [1.807, 2.05) is 0 Å². The highest BCUT2D eigenvalue weighted by Gasteiger charge is 2.51. The van der Waals surface area contributed by atoms with Gasteiger partial charge in [0.05, 0.1) is 25.6 Å². The summed E-state index contributed by atoms with van der Waals surface area (Å²) in [7, 11) is 0. The van der Waals surface area contributed by atoms with Crippen molar-refractivity contribution in [2.45, 2.75) is 59.6 Å². The van der Waals surface area contributed by atoms with Gasteiger partial charge in [-0.2, -0.15) is 10.2 Å². The van der Waals surface area contributed by atoms with Gasteiger partial charge in [-0.3, -0.25) is 9.36 Å². The average molecular weight is 647 g/mol. The van der Waals surface area contributed by atoms with Gasteiger partial charge in [-0.05, 0) is 35.4 Å². The maximum Gasteiger partial charge on any atom is 0.134 e. The second-order valence-corrected chi connectivity index (χ2v) is 12.2. The standard InChI is InChI=1S/C30H32F2N4O8S/c31-19-5-1-3-15(7-19)17-9-33-35(11-17)23-25(39)21(13-37)43-29(27(23)41)45-30-28(42)24(26(40)22(14-38)44-30)36-12-18(10-34-36)16-4-2-6-20(32)8-16/h1-12,21-30,37-42H,13-14H2/t21-,22?,23?,24?,25?,26+,27-,28?,29+,30+/m1/s1. The van der Waals surface area contributed by atoms with Crippen molar-refractivity contribution in [2.24, 2.45) is 0 Å². The van der Waals surface area contributed by atoms with Gasteiger partial charge in [-0.1, -0.05) is 36.0 Å². The molecule has 2 aliphatic rings. The molecule has 2 aromatic heterocycles. The van der Waals surface area contributed by atoms with Gasteiger partial charge in [0.2, 0.25) is 0 Å². The molecule has 15 heteroatoms. The second kappa shape index (κ2) is 13.2. The zero-order chi connectivity index (χ0) is 31.8. The molecule has 2 aliphatic heterocycles. The SMILES string of the molecule is OCC1O[C@@H](S[C@@H]2O[C@H](CO)C(O)C(n3cc(-c4cccc(F)c4)cn3)[C@H]2O)C(O)C(n2cc(-c3cccc(F)c3)cn2)[C@H]1O. The molecule has 0 bridgehead atoms. The highest BCUT2D eigenvalue weighted by atomic mass is 32.2. The Labute approximate surface area is 260 Å². The van der Waals surface area contributed by atoms with E-state index in [2.05, 4.69) is 10.2 Å². The van der Waals surface area contributed by atoms with Gasteiger partial charge >= 0.3 is 0 Å². The summed E-state index contributed by atoms with van der Waals surface area (Å²) in [5, 5.41) is 73.4. The summed E-state index contributed by atoms with van der Waals surface area (Å²) in [6.45, 7) is -1.21. The molecule has 0 aliphatic carbocycles. The van der Waals surface area contributed by atoms with Crippen molar-refractivity contribution in [1.29, 1.82) is 0 Å². The number of rotatable bonds is 8. The van der Waals surface area contributed by atoms with E-state index in [0.717, 1.165) is 11.8 Å². The van der Waals surface area contributed by atoms with Crippen molar-refractivity contribution in [3.05, 3.63) is 85.0 Å². The number of ether oxygens (including phenoxy) is 2. The normalized spacial score (nSPS) is 32.1. The van der Waals surface area contributed by atoms with Gasteiger partial charge in [-0.25, -0.2) is 8.78 Å². The maximum absolute atomic E-state index is 13.8. The lowest BCUT2D eigenvalue weighted by molar-refractivity contribution is -0.188. The molecule has 6 N–H and O–H groups in total. The zero-order valence-corrected chi connectivity index (χ0v) is 24.4. The molecule has 5 unspecified atom stereocenters. The first-order valence-corrected chi connectivity index (χ1v) is 15.1. The number of aliphatic hydroxyl groups is 6. The van der Waals surface area contributed by atoms with Crippen molar-refractivity contribution in [3.63, 3.8) is 0 Å². The van der Waals surface area contributed by atoms with Crippen LogP contribution < -0.4 is 0 Å². The van der Waals surface area contributed by atoms with Crippen LogP contribution in [0.1, 0.15) is 12.1 Å². The molecule has 6 rings (SSSR count). The topological polar surface area (TPSA) is 175 Å². The Morgan fingerprint density at radius 1 is 0.644 bits per heavy atom. The third kappa shape index (κ3) is 6.27. The highest BCUT2D eigenvalue weighted by molar-refractivity contribution is 8.00. The number of hydrogen-bond donors (Lipinski definition) is 6. The molecule has 2 fully saturated rings. The van der Waals surface area contributed by atoms with Crippen LogP contribution in [0.5, 0.6) is 0 Å². The van der Waals surface area contributed by atoms with Crippen molar-refractivity contribution < 1.29 is 48.9 Å². The van der Waals surface area contributed by atoms with Crippen LogP contribution in [0.15, 0.2) is 73.3 Å². The van der Waals surface area contributed by atoms with E-state index < -0.39 is 84.4 Å². The van der Waals surface area contributed by atoms with Crippen LogP contribution >= 0.6 is 11.8 Å². The van der Waals surface area contributed by atoms with Crippen LogP contribution in [-0.4, -0.2) is 111 Å². The Hall–Kier alpha value is -3.25. The largest absolute Gasteiger partial charge is 0.394 e. The molecule has 45 heavy (non-hydrogen) atoms. The quantitative estimate of drug-likeness (QED) is 0.162. The van der Waals surface area contributed by atoms with Gasteiger partial charge in [0, 0.05) is 23.5 Å². The predicted octanol–water partition coefficient (Wildman–Crippen LogP) is 1.09. The van der Waals surface area contributed by atoms with Gasteiger partial charge in [0.15, 0.2) is 0 Å². The molecule has 240 valence electrons. The Kier molecular flexibility index (Phi) is 9.33. The van der Waals surface area contributed by atoms with Crippen molar-refractivity contribution in [3.8, 4) is 22.3 Å². The van der Waals surface area contributed by atoms with E-state index in [1.165, 1.54) is 58.4 Å². The molecular weight excluding hydrogens is 614 g/mol. The first kappa shape index (κ1) is 31.7. The van der Waals surface area contributed by atoms with E-state index >= 15 is 0 Å². The minimum Gasteiger partial charge on any atom is -0.394 e. The maximum atomic E-state index is 13.8. The number of nitrogens with zero attached hydrogens (tertiary/aromatic N) is 4. The fraction of sp³-hybridized carbons (Fsp3) is 0.400. The van der Waals surface area contributed by atoms with Gasteiger partial charge < -0.3 is 40.1 Å². The first-order valence-electron chi connectivity index (χ1n) is 14.2. The number of aliphatic hydroxyl groups excluding tert-OH is 6. The monoisotopic (exact) mass is 646 g/mol. The average Bonchev–Trinajstić information content (AvgIpc) is 3.71. The molecule has 0 saturated carbocycles. The number of hydrogen-bond acceptors (Lipinski definition) is 11. The number of aromatic nitrogens is 4. The first-order chi connectivity index (χ1) is 21.7. The highest BCUT2D eigenvalue weighted by Crippen LogP contribution is 2.42. The summed E-state index contributed by atoms with van der Waals surface area (Å²) in [5.41, 5.74) is -0.273. The van der Waals surface area contributed by atoms with E-state index in [1.54, 1.807) is 24.3 Å². The molecule has 12 nitrogen and oxygen atoms in total. The lowest BCUT2D eigenvalue weighted by Crippen LogP contribution is -2.58. The Balaban J connectivity index is 1.25. The predicted molar refractivity (Wildman–Crippen MR) is 156 cm³/mol. The van der Waals surface area contributed by atoms with Gasteiger partial charge in [-0.15, -0.1) is 0 Å². The molecular formula is C30H32F2N4O8S. The number of benzene rings is 2. The fourth-order valence-corrected chi connectivity index (χ4v) is 7.08. The van der Waals surface area contributed by atoms with Crippen LogP contribution in [0.25, 0.3) is 22.3 Å². The lowest BCUT2D eigenvalue weighted by atomic mass is 9.97. The van der Waals surface area contributed by atoms with Crippen molar-refractivity contribution in [2.75, 3.05) is 13.2 Å². The molecule has 2 saturated heterocycles. The number of thioether (sulfide) groups is 1. The van der Waals surface area contributed by atoms with E-state index in [-0.39, 0.29) is 0 Å². The molecule has 4 heterocycles. The summed E-state index contributed by atoms with van der Waals surface area (Å²) < 4.78 is 41.9. The molecule has 0 amide bonds. The molecule has 10 atom stereocenters. The second-order valence-electron chi connectivity index (χ2n) is 11.0. The molecule has 0 radical (unpaired) electrons. The van der Waals surface area contributed by atoms with Crippen LogP contribution in [0.4, 0.5) is 8.78 Å². The third-order valence-electron chi connectivity index (χ3n) is 8.09. The zero-order valence-electron chi connectivity index (χ0n) is 23.6. The van der Waals surface area contributed by atoms with Crippen LogP contribution in [-0.2, 0) is 9.47 Å². The summed E-state index contributed by atoms with van der Waals surface area (Å²) in [6.07, 6.45) is -2.06. The lowest BCUT2D eigenvalue weighted by Gasteiger charge is -2.46. The summed E-state index contributed by atoms with van der Waals surface area (Å²) in [4.78, 5) is 0. The number of halogens is 2. The smallest absolute Gasteiger partial charge is 0.134 e. The van der Waals surface area contributed by atoms with E-state index in [9.17, 15) is 39.4 Å². The minimum atomic E-state index is -1.45. The summed E-state index contributed by atoms with van der Waals surface area (Å²) in [6, 6.07) is 9.45. The minimum absolute atomic E-state index is 0.445. The summed E-state index contributed by atoms with van der Waals surface area (Å²) >= 11 is 0.837. The Morgan fingerprint density at radius 2 is 1.07 bits per heavy atom. The van der Waals surface area contributed by atoms with E-state index in [4.69, 9.17) is 9.47 Å². The molecule has 4 aromatic rings.